The number of benzene rings is 2. The Morgan fingerprint density at radius 3 is 2.71 bits per heavy atom. The summed E-state index contributed by atoms with van der Waals surface area (Å²) in [6, 6.07) is 11.8. The minimum Gasteiger partial charge on any atom is -0.494 e. The summed E-state index contributed by atoms with van der Waals surface area (Å²) in [6.07, 6.45) is 0.588. The van der Waals surface area contributed by atoms with E-state index >= 15 is 0 Å². The standard InChI is InChI=1S/C17H18BrNO4S/c1-2-22-15-4-6-16(7-5-15)24(20,21)19-14-10-12-9-13(18)3-8-17(12)23-11-14/h3-9,14,19H,2,10-11H2,1H3. The van der Waals surface area contributed by atoms with Crippen LogP contribution in [0.25, 0.3) is 0 Å². The van der Waals surface area contributed by atoms with Crippen LogP contribution in [0.3, 0.4) is 0 Å². The van der Waals surface area contributed by atoms with Gasteiger partial charge < -0.3 is 9.47 Å². The second-order valence-electron chi connectivity index (χ2n) is 5.49. The zero-order valence-electron chi connectivity index (χ0n) is 13.2. The molecule has 3 rings (SSSR count). The summed E-state index contributed by atoms with van der Waals surface area (Å²) in [6.45, 7) is 2.73. The Morgan fingerprint density at radius 1 is 1.25 bits per heavy atom. The lowest BCUT2D eigenvalue weighted by Crippen LogP contribution is -2.42. The predicted molar refractivity (Wildman–Crippen MR) is 95.1 cm³/mol. The van der Waals surface area contributed by atoms with Crippen molar-refractivity contribution in [1.29, 1.82) is 0 Å². The molecule has 0 radical (unpaired) electrons. The fourth-order valence-electron chi connectivity index (χ4n) is 2.61. The third kappa shape index (κ3) is 3.91. The summed E-state index contributed by atoms with van der Waals surface area (Å²) in [5, 5.41) is 0. The van der Waals surface area contributed by atoms with Gasteiger partial charge in [0.25, 0.3) is 0 Å². The van der Waals surface area contributed by atoms with Gasteiger partial charge in [-0.15, -0.1) is 0 Å². The number of sulfonamides is 1. The van der Waals surface area contributed by atoms with Gasteiger partial charge in [0, 0.05) is 4.47 Å². The summed E-state index contributed by atoms with van der Waals surface area (Å²) in [5.74, 6) is 1.45. The van der Waals surface area contributed by atoms with Gasteiger partial charge in [0.1, 0.15) is 18.1 Å². The minimum atomic E-state index is -3.60. The summed E-state index contributed by atoms with van der Waals surface area (Å²) in [4.78, 5) is 0.214. The lowest BCUT2D eigenvalue weighted by molar-refractivity contribution is 0.254. The van der Waals surface area contributed by atoms with Gasteiger partial charge in [0.2, 0.25) is 10.0 Å². The highest BCUT2D eigenvalue weighted by atomic mass is 79.9. The molecule has 1 aliphatic heterocycles. The minimum absolute atomic E-state index is 0.214. The molecule has 24 heavy (non-hydrogen) atoms. The molecule has 5 nitrogen and oxygen atoms in total. The molecule has 1 atom stereocenters. The second-order valence-corrected chi connectivity index (χ2v) is 8.12. The van der Waals surface area contributed by atoms with Gasteiger partial charge in [-0.3, -0.25) is 0 Å². The van der Waals surface area contributed by atoms with Gasteiger partial charge in [0.15, 0.2) is 0 Å². The lowest BCUT2D eigenvalue weighted by Gasteiger charge is -2.26. The molecule has 128 valence electrons. The third-order valence-corrected chi connectivity index (χ3v) is 5.73. The summed E-state index contributed by atoms with van der Waals surface area (Å²) < 4.78 is 39.7. The van der Waals surface area contributed by atoms with Crippen molar-refractivity contribution in [3.63, 3.8) is 0 Å². The van der Waals surface area contributed by atoms with Crippen molar-refractivity contribution in [2.75, 3.05) is 13.2 Å². The van der Waals surface area contributed by atoms with Crippen molar-refractivity contribution in [2.24, 2.45) is 0 Å². The van der Waals surface area contributed by atoms with E-state index in [2.05, 4.69) is 20.7 Å². The SMILES string of the molecule is CCOc1ccc(S(=O)(=O)NC2COc3ccc(Br)cc3C2)cc1. The average molecular weight is 412 g/mol. The Morgan fingerprint density at radius 2 is 2.00 bits per heavy atom. The Balaban J connectivity index is 1.73. The van der Waals surface area contributed by atoms with E-state index in [0.29, 0.717) is 25.4 Å². The monoisotopic (exact) mass is 411 g/mol. The fraction of sp³-hybridized carbons (Fsp3) is 0.294. The van der Waals surface area contributed by atoms with Crippen molar-refractivity contribution in [2.45, 2.75) is 24.3 Å². The molecule has 0 fully saturated rings. The maximum atomic E-state index is 12.5. The molecule has 0 bridgehead atoms. The largest absolute Gasteiger partial charge is 0.494 e. The number of rotatable bonds is 5. The molecular formula is C17H18BrNO4S. The average Bonchev–Trinajstić information content (AvgIpc) is 2.55. The molecule has 2 aromatic carbocycles. The van der Waals surface area contributed by atoms with Gasteiger partial charge in [-0.2, -0.15) is 0 Å². The molecule has 1 heterocycles. The van der Waals surface area contributed by atoms with Crippen LogP contribution in [0.4, 0.5) is 0 Å². The van der Waals surface area contributed by atoms with Gasteiger partial charge in [-0.25, -0.2) is 13.1 Å². The molecule has 0 amide bonds. The van der Waals surface area contributed by atoms with Crippen molar-refractivity contribution >= 4 is 26.0 Å². The number of halogens is 1. The quantitative estimate of drug-likeness (QED) is 0.820. The highest BCUT2D eigenvalue weighted by molar-refractivity contribution is 9.10. The van der Waals surface area contributed by atoms with Gasteiger partial charge in [0.05, 0.1) is 17.5 Å². The first-order chi connectivity index (χ1) is 11.5. The number of nitrogens with one attached hydrogen (secondary N) is 1. The Labute approximate surface area is 150 Å². The molecule has 2 aromatic rings. The van der Waals surface area contributed by atoms with E-state index in [4.69, 9.17) is 9.47 Å². The van der Waals surface area contributed by atoms with E-state index in [-0.39, 0.29) is 10.9 Å². The second kappa shape index (κ2) is 7.13. The molecular weight excluding hydrogens is 394 g/mol. The van der Waals surface area contributed by atoms with E-state index in [1.54, 1.807) is 24.3 Å². The van der Waals surface area contributed by atoms with Gasteiger partial charge >= 0.3 is 0 Å². The zero-order chi connectivity index (χ0) is 17.2. The molecule has 1 N–H and O–H groups in total. The normalized spacial score (nSPS) is 17.0. The van der Waals surface area contributed by atoms with Gasteiger partial charge in [-0.05, 0) is 61.4 Å². The van der Waals surface area contributed by atoms with Crippen LogP contribution in [0, 0.1) is 0 Å². The van der Waals surface area contributed by atoms with Gasteiger partial charge in [-0.1, -0.05) is 15.9 Å². The van der Waals surface area contributed by atoms with Crippen LogP contribution < -0.4 is 14.2 Å². The van der Waals surface area contributed by atoms with E-state index in [9.17, 15) is 8.42 Å². The van der Waals surface area contributed by atoms with Crippen molar-refractivity contribution in [1.82, 2.24) is 4.72 Å². The molecule has 0 saturated carbocycles. The maximum absolute atomic E-state index is 12.5. The van der Waals surface area contributed by atoms with Crippen LogP contribution in [-0.4, -0.2) is 27.7 Å². The predicted octanol–water partition coefficient (Wildman–Crippen LogP) is 3.13. The van der Waals surface area contributed by atoms with Crippen LogP contribution in [0.15, 0.2) is 51.8 Å². The molecule has 0 saturated heterocycles. The Kier molecular flexibility index (Phi) is 5.12. The fourth-order valence-corrected chi connectivity index (χ4v) is 4.24. The zero-order valence-corrected chi connectivity index (χ0v) is 15.6. The molecule has 0 aromatic heterocycles. The first-order valence-electron chi connectivity index (χ1n) is 7.64. The number of fused-ring (bicyclic) bond motifs is 1. The molecule has 7 heteroatoms. The molecule has 0 spiro atoms. The van der Waals surface area contributed by atoms with E-state index in [1.165, 1.54) is 0 Å². The molecule has 1 unspecified atom stereocenters. The van der Waals surface area contributed by atoms with E-state index in [1.807, 2.05) is 25.1 Å². The highest BCUT2D eigenvalue weighted by Crippen LogP contribution is 2.28. The van der Waals surface area contributed by atoms with Crippen LogP contribution in [0.5, 0.6) is 11.5 Å². The van der Waals surface area contributed by atoms with Crippen molar-refractivity contribution in [3.05, 3.63) is 52.5 Å². The van der Waals surface area contributed by atoms with E-state index < -0.39 is 10.0 Å². The number of hydrogen-bond donors (Lipinski definition) is 1. The number of ether oxygens (including phenoxy) is 2. The third-order valence-electron chi connectivity index (χ3n) is 3.70. The summed E-state index contributed by atoms with van der Waals surface area (Å²) >= 11 is 3.42. The summed E-state index contributed by atoms with van der Waals surface area (Å²) in [5.41, 5.74) is 0.981. The van der Waals surface area contributed by atoms with Crippen molar-refractivity contribution < 1.29 is 17.9 Å². The number of hydrogen-bond acceptors (Lipinski definition) is 4. The van der Waals surface area contributed by atoms with E-state index in [0.717, 1.165) is 15.8 Å². The summed E-state index contributed by atoms with van der Waals surface area (Å²) in [7, 11) is -3.60. The van der Waals surface area contributed by atoms with Crippen LogP contribution in [-0.2, 0) is 16.4 Å². The smallest absolute Gasteiger partial charge is 0.240 e. The maximum Gasteiger partial charge on any atom is 0.240 e. The first kappa shape index (κ1) is 17.3. The van der Waals surface area contributed by atoms with Crippen LogP contribution in [0.2, 0.25) is 0 Å². The van der Waals surface area contributed by atoms with Crippen LogP contribution in [0.1, 0.15) is 12.5 Å². The molecule has 1 aliphatic rings. The Bertz CT molecular complexity index is 821. The molecule has 0 aliphatic carbocycles. The highest BCUT2D eigenvalue weighted by Gasteiger charge is 2.25. The first-order valence-corrected chi connectivity index (χ1v) is 9.92. The van der Waals surface area contributed by atoms with Crippen LogP contribution >= 0.6 is 15.9 Å². The topological polar surface area (TPSA) is 64.6 Å². The lowest BCUT2D eigenvalue weighted by atomic mass is 10.0. The van der Waals surface area contributed by atoms with Crippen molar-refractivity contribution in [3.8, 4) is 11.5 Å². The Hall–Kier alpha value is -1.57.